The molecule has 3 aromatic rings. The maximum Gasteiger partial charge on any atom is 0.178 e. The Bertz CT molecular complexity index is 968. The molecule has 0 aromatic carbocycles. The molecule has 0 spiro atoms. The zero-order valence-corrected chi connectivity index (χ0v) is 17.2. The summed E-state index contributed by atoms with van der Waals surface area (Å²) in [5.74, 6) is 3.92. The summed E-state index contributed by atoms with van der Waals surface area (Å²) in [6, 6.07) is 3.97. The maximum atomic E-state index is 4.72. The van der Waals surface area contributed by atoms with E-state index < -0.39 is 0 Å². The molecule has 0 amide bonds. The lowest BCUT2D eigenvalue weighted by Crippen LogP contribution is -2.33. The van der Waals surface area contributed by atoms with E-state index in [1.165, 1.54) is 24.8 Å². The number of hydrogen-bond acceptors (Lipinski definition) is 7. The summed E-state index contributed by atoms with van der Waals surface area (Å²) < 4.78 is 1.92. The van der Waals surface area contributed by atoms with Crippen molar-refractivity contribution in [2.45, 2.75) is 50.5 Å². The van der Waals surface area contributed by atoms with Crippen LogP contribution in [0.1, 0.15) is 61.2 Å². The second-order valence-electron chi connectivity index (χ2n) is 8.54. The van der Waals surface area contributed by atoms with Gasteiger partial charge in [0.1, 0.15) is 11.6 Å². The lowest BCUT2D eigenvalue weighted by atomic mass is 9.85. The monoisotopic (exact) mass is 392 g/mol. The third-order valence-electron chi connectivity index (χ3n) is 6.29. The van der Waals surface area contributed by atoms with E-state index in [1.54, 1.807) is 0 Å². The molecule has 8 nitrogen and oxygen atoms in total. The van der Waals surface area contributed by atoms with E-state index in [9.17, 15) is 0 Å². The highest BCUT2D eigenvalue weighted by Gasteiger charge is 2.26. The lowest BCUT2D eigenvalue weighted by Gasteiger charge is -2.31. The molecule has 0 unspecified atom stereocenters. The summed E-state index contributed by atoms with van der Waals surface area (Å²) in [6.45, 7) is 3.00. The van der Waals surface area contributed by atoms with Gasteiger partial charge in [-0.25, -0.2) is 9.97 Å². The van der Waals surface area contributed by atoms with Crippen molar-refractivity contribution in [1.82, 2.24) is 34.7 Å². The number of anilines is 1. The molecule has 2 aliphatic rings. The Labute approximate surface area is 171 Å². The van der Waals surface area contributed by atoms with Crippen molar-refractivity contribution in [3.63, 3.8) is 0 Å². The van der Waals surface area contributed by atoms with Crippen LogP contribution in [-0.2, 0) is 6.54 Å². The van der Waals surface area contributed by atoms with Crippen LogP contribution in [0.15, 0.2) is 24.5 Å². The Morgan fingerprint density at radius 3 is 2.38 bits per heavy atom. The van der Waals surface area contributed by atoms with Gasteiger partial charge in [0.25, 0.3) is 0 Å². The second-order valence-corrected chi connectivity index (χ2v) is 8.54. The number of fused-ring (bicyclic) bond motifs is 1. The van der Waals surface area contributed by atoms with Gasteiger partial charge in [0.2, 0.25) is 0 Å². The second kappa shape index (κ2) is 7.67. The molecular weight excluding hydrogens is 364 g/mol. The Morgan fingerprint density at radius 2 is 1.72 bits per heavy atom. The number of likely N-dealkylation sites (tertiary alicyclic amines) is 1. The highest BCUT2D eigenvalue weighted by molar-refractivity contribution is 5.45. The zero-order valence-electron chi connectivity index (χ0n) is 17.2. The minimum atomic E-state index is 0.392. The van der Waals surface area contributed by atoms with Crippen LogP contribution in [0.5, 0.6) is 0 Å². The highest BCUT2D eigenvalue weighted by atomic mass is 15.4. The van der Waals surface area contributed by atoms with Crippen LogP contribution in [0.4, 0.5) is 5.82 Å². The first kappa shape index (κ1) is 18.4. The Hall–Kier alpha value is -2.61. The van der Waals surface area contributed by atoms with E-state index in [1.807, 2.05) is 48.0 Å². The van der Waals surface area contributed by atoms with Crippen molar-refractivity contribution < 1.29 is 0 Å². The van der Waals surface area contributed by atoms with Crippen molar-refractivity contribution in [3.05, 3.63) is 41.7 Å². The van der Waals surface area contributed by atoms with Gasteiger partial charge in [-0.2, -0.15) is 4.52 Å². The van der Waals surface area contributed by atoms with E-state index in [0.717, 1.165) is 55.6 Å². The average molecular weight is 393 g/mol. The van der Waals surface area contributed by atoms with Crippen molar-refractivity contribution >= 4 is 11.5 Å². The number of hydrogen-bond donors (Lipinski definition) is 0. The first-order valence-corrected chi connectivity index (χ1v) is 10.6. The van der Waals surface area contributed by atoms with Gasteiger partial charge in [0, 0.05) is 50.4 Å². The smallest absolute Gasteiger partial charge is 0.178 e. The number of nitrogens with zero attached hydrogens (tertiary/aromatic N) is 8. The van der Waals surface area contributed by atoms with Crippen LogP contribution in [0.25, 0.3) is 5.65 Å². The molecule has 1 saturated carbocycles. The summed E-state index contributed by atoms with van der Waals surface area (Å²) in [7, 11) is 4.00. The summed E-state index contributed by atoms with van der Waals surface area (Å²) >= 11 is 0. The Morgan fingerprint density at radius 1 is 0.966 bits per heavy atom. The largest absolute Gasteiger partial charge is 0.361 e. The molecule has 0 N–H and O–H groups in total. The van der Waals surface area contributed by atoms with Crippen molar-refractivity contribution in [2.75, 3.05) is 32.1 Å². The SMILES string of the molecule is CN(C)c1ccc2nnc(C3CCN(Cc4cnc(C5CCC5)nc4)CC3)n2n1. The van der Waals surface area contributed by atoms with Crippen LogP contribution in [0.2, 0.25) is 0 Å². The van der Waals surface area contributed by atoms with Crippen LogP contribution in [-0.4, -0.2) is 61.9 Å². The molecule has 3 aromatic heterocycles. The summed E-state index contributed by atoms with van der Waals surface area (Å²) in [5.41, 5.74) is 2.02. The lowest BCUT2D eigenvalue weighted by molar-refractivity contribution is 0.200. The van der Waals surface area contributed by atoms with Gasteiger partial charge < -0.3 is 4.90 Å². The van der Waals surface area contributed by atoms with Gasteiger partial charge in [-0.1, -0.05) is 6.42 Å². The molecule has 4 heterocycles. The quantitative estimate of drug-likeness (QED) is 0.661. The van der Waals surface area contributed by atoms with Gasteiger partial charge >= 0.3 is 0 Å². The minimum absolute atomic E-state index is 0.392. The topological polar surface area (TPSA) is 75.3 Å². The fourth-order valence-electron chi connectivity index (χ4n) is 4.22. The molecule has 1 aliphatic carbocycles. The summed E-state index contributed by atoms with van der Waals surface area (Å²) in [5, 5.41) is 13.5. The van der Waals surface area contributed by atoms with Crippen LogP contribution in [0, 0.1) is 0 Å². The highest BCUT2D eigenvalue weighted by Crippen LogP contribution is 2.34. The maximum absolute atomic E-state index is 4.72. The molecule has 0 atom stereocenters. The Kier molecular flexibility index (Phi) is 4.87. The molecule has 2 fully saturated rings. The fourth-order valence-corrected chi connectivity index (χ4v) is 4.22. The molecular formula is C21H28N8. The molecule has 0 radical (unpaired) electrons. The van der Waals surface area contributed by atoms with E-state index in [-0.39, 0.29) is 0 Å². The van der Waals surface area contributed by atoms with Gasteiger partial charge in [-0.15, -0.1) is 15.3 Å². The van der Waals surface area contributed by atoms with Crippen LogP contribution in [0.3, 0.4) is 0 Å². The van der Waals surface area contributed by atoms with E-state index in [2.05, 4.69) is 25.1 Å². The molecule has 5 rings (SSSR count). The normalized spacial score (nSPS) is 18.8. The van der Waals surface area contributed by atoms with Gasteiger partial charge in [-0.3, -0.25) is 4.90 Å². The average Bonchev–Trinajstić information content (AvgIpc) is 3.12. The molecule has 152 valence electrons. The van der Waals surface area contributed by atoms with Gasteiger partial charge in [0.05, 0.1) is 0 Å². The first-order chi connectivity index (χ1) is 14.2. The van der Waals surface area contributed by atoms with Crippen LogP contribution < -0.4 is 4.90 Å². The molecule has 8 heteroatoms. The first-order valence-electron chi connectivity index (χ1n) is 10.6. The third kappa shape index (κ3) is 3.69. The Balaban J connectivity index is 1.22. The predicted octanol–water partition coefficient (Wildman–Crippen LogP) is 2.63. The molecule has 1 saturated heterocycles. The van der Waals surface area contributed by atoms with E-state index in [4.69, 9.17) is 5.10 Å². The summed E-state index contributed by atoms with van der Waals surface area (Å²) in [4.78, 5) is 13.7. The summed E-state index contributed by atoms with van der Waals surface area (Å²) in [6.07, 6.45) is 9.98. The predicted molar refractivity (Wildman–Crippen MR) is 111 cm³/mol. The number of piperidine rings is 1. The fraction of sp³-hybridized carbons (Fsp3) is 0.571. The van der Waals surface area contributed by atoms with Crippen molar-refractivity contribution in [2.24, 2.45) is 0 Å². The number of rotatable bonds is 5. The van der Waals surface area contributed by atoms with Crippen molar-refractivity contribution in [1.29, 1.82) is 0 Å². The van der Waals surface area contributed by atoms with E-state index >= 15 is 0 Å². The standard InChI is InChI=1S/C21H28N8/c1-27(2)19-7-6-18-24-25-21(29(18)26-19)17-8-10-28(11-9-17)14-15-12-22-20(23-13-15)16-4-3-5-16/h6-7,12-13,16-17H,3-5,8-11,14H2,1-2H3. The van der Waals surface area contributed by atoms with Crippen molar-refractivity contribution in [3.8, 4) is 0 Å². The van der Waals surface area contributed by atoms with Gasteiger partial charge in [0.15, 0.2) is 11.5 Å². The van der Waals surface area contributed by atoms with E-state index in [0.29, 0.717) is 11.8 Å². The number of aromatic nitrogens is 6. The molecule has 29 heavy (non-hydrogen) atoms. The minimum Gasteiger partial charge on any atom is -0.361 e. The zero-order chi connectivity index (χ0) is 19.8. The van der Waals surface area contributed by atoms with Gasteiger partial charge in [-0.05, 0) is 50.9 Å². The molecule has 1 aliphatic heterocycles. The van der Waals surface area contributed by atoms with Crippen LogP contribution >= 0.6 is 0 Å². The molecule has 0 bridgehead atoms. The third-order valence-corrected chi connectivity index (χ3v) is 6.29.